The maximum atomic E-state index is 12.6. The van der Waals surface area contributed by atoms with Crippen LogP contribution in [0.1, 0.15) is 18.5 Å². The van der Waals surface area contributed by atoms with Crippen LogP contribution in [0.25, 0.3) is 0 Å². The highest BCUT2D eigenvalue weighted by Crippen LogP contribution is 2.41. The Morgan fingerprint density at radius 1 is 1.27 bits per heavy atom. The molecule has 1 unspecified atom stereocenters. The summed E-state index contributed by atoms with van der Waals surface area (Å²) in [6, 6.07) is 4.29. The molecule has 0 aromatic heterocycles. The van der Waals surface area contributed by atoms with Crippen molar-refractivity contribution in [3.63, 3.8) is 0 Å². The molecular formula is C9H10ClF2NO2. The number of halogens is 3. The first-order valence-corrected chi connectivity index (χ1v) is 4.13. The highest BCUT2D eigenvalue weighted by atomic mass is 35.5. The zero-order valence-corrected chi connectivity index (χ0v) is 8.68. The van der Waals surface area contributed by atoms with Crippen LogP contribution in [0.5, 0.6) is 11.5 Å². The summed E-state index contributed by atoms with van der Waals surface area (Å²) in [6.45, 7) is 1.76. The molecule has 6 heteroatoms. The molecule has 15 heavy (non-hydrogen) atoms. The van der Waals surface area contributed by atoms with Gasteiger partial charge in [0.05, 0.1) is 0 Å². The molecule has 84 valence electrons. The Labute approximate surface area is 91.6 Å². The molecule has 1 aromatic carbocycles. The third-order valence-electron chi connectivity index (χ3n) is 1.95. The van der Waals surface area contributed by atoms with Crippen molar-refractivity contribution >= 4 is 12.4 Å². The molecule has 2 rings (SSSR count). The van der Waals surface area contributed by atoms with E-state index < -0.39 is 6.29 Å². The van der Waals surface area contributed by atoms with Gasteiger partial charge in [-0.05, 0) is 24.6 Å². The fraction of sp³-hybridized carbons (Fsp3) is 0.333. The van der Waals surface area contributed by atoms with Gasteiger partial charge in [0.1, 0.15) is 0 Å². The van der Waals surface area contributed by atoms with Crippen LogP contribution in [0.15, 0.2) is 18.2 Å². The van der Waals surface area contributed by atoms with E-state index in [4.69, 9.17) is 5.73 Å². The van der Waals surface area contributed by atoms with Crippen molar-refractivity contribution in [3.05, 3.63) is 23.8 Å². The topological polar surface area (TPSA) is 44.5 Å². The number of rotatable bonds is 1. The minimum atomic E-state index is -3.56. The van der Waals surface area contributed by atoms with Gasteiger partial charge in [-0.15, -0.1) is 21.2 Å². The molecule has 0 radical (unpaired) electrons. The van der Waals surface area contributed by atoms with Crippen molar-refractivity contribution in [2.45, 2.75) is 19.3 Å². The minimum absolute atomic E-state index is 0. The highest BCUT2D eigenvalue weighted by Gasteiger charge is 2.43. The molecule has 0 saturated heterocycles. The maximum absolute atomic E-state index is 12.6. The van der Waals surface area contributed by atoms with Gasteiger partial charge in [0.2, 0.25) is 0 Å². The first-order chi connectivity index (χ1) is 6.48. The Balaban J connectivity index is 0.00000112. The largest absolute Gasteiger partial charge is 0.586 e. The van der Waals surface area contributed by atoms with Crippen LogP contribution in [0.4, 0.5) is 8.78 Å². The van der Waals surface area contributed by atoms with E-state index in [0.717, 1.165) is 5.56 Å². The van der Waals surface area contributed by atoms with Gasteiger partial charge >= 0.3 is 6.29 Å². The molecule has 0 bridgehead atoms. The van der Waals surface area contributed by atoms with E-state index >= 15 is 0 Å². The van der Waals surface area contributed by atoms with Gasteiger partial charge in [0.25, 0.3) is 0 Å². The smallest absolute Gasteiger partial charge is 0.395 e. The summed E-state index contributed by atoms with van der Waals surface area (Å²) in [5.74, 6) is 0.0733. The Bertz CT molecular complexity index is 371. The molecule has 1 aliphatic rings. The predicted octanol–water partition coefficient (Wildman–Crippen LogP) is 2.45. The van der Waals surface area contributed by atoms with Crippen LogP contribution >= 0.6 is 12.4 Å². The molecule has 1 aromatic rings. The lowest BCUT2D eigenvalue weighted by atomic mass is 10.1. The molecule has 0 fully saturated rings. The van der Waals surface area contributed by atoms with Crippen molar-refractivity contribution in [1.29, 1.82) is 0 Å². The van der Waals surface area contributed by atoms with Gasteiger partial charge in [0.15, 0.2) is 11.5 Å². The first-order valence-electron chi connectivity index (χ1n) is 4.13. The minimum Gasteiger partial charge on any atom is -0.395 e. The van der Waals surface area contributed by atoms with E-state index in [1.54, 1.807) is 13.0 Å². The van der Waals surface area contributed by atoms with Crippen molar-refractivity contribution < 1.29 is 18.3 Å². The summed E-state index contributed by atoms with van der Waals surface area (Å²) in [7, 11) is 0. The number of hydrogen-bond acceptors (Lipinski definition) is 3. The molecule has 0 aliphatic carbocycles. The molecule has 0 spiro atoms. The average molecular weight is 238 g/mol. The molecule has 0 amide bonds. The summed E-state index contributed by atoms with van der Waals surface area (Å²) in [5, 5.41) is 0. The van der Waals surface area contributed by atoms with Crippen LogP contribution in [-0.4, -0.2) is 6.29 Å². The number of nitrogens with two attached hydrogens (primary N) is 1. The van der Waals surface area contributed by atoms with E-state index in [2.05, 4.69) is 9.47 Å². The fourth-order valence-corrected chi connectivity index (χ4v) is 1.25. The Hall–Kier alpha value is -1.07. The third kappa shape index (κ3) is 2.30. The molecule has 2 N–H and O–H groups in total. The number of alkyl halides is 2. The lowest BCUT2D eigenvalue weighted by molar-refractivity contribution is -0.286. The van der Waals surface area contributed by atoms with Crippen LogP contribution in [0.3, 0.4) is 0 Å². The van der Waals surface area contributed by atoms with E-state index in [9.17, 15) is 8.78 Å². The van der Waals surface area contributed by atoms with Gasteiger partial charge in [-0.3, -0.25) is 0 Å². The Kier molecular flexibility index (Phi) is 3.06. The lowest BCUT2D eigenvalue weighted by Gasteiger charge is -2.05. The lowest BCUT2D eigenvalue weighted by Crippen LogP contribution is -2.25. The Morgan fingerprint density at radius 3 is 2.47 bits per heavy atom. The number of hydrogen-bond donors (Lipinski definition) is 1. The molecule has 0 saturated carbocycles. The van der Waals surface area contributed by atoms with Gasteiger partial charge in [-0.2, -0.15) is 0 Å². The maximum Gasteiger partial charge on any atom is 0.586 e. The molecule has 3 nitrogen and oxygen atoms in total. The van der Waals surface area contributed by atoms with Crippen molar-refractivity contribution in [3.8, 4) is 11.5 Å². The first kappa shape index (κ1) is 12.0. The average Bonchev–Trinajstić information content (AvgIpc) is 2.36. The summed E-state index contributed by atoms with van der Waals surface area (Å²) >= 11 is 0. The molecular weight excluding hydrogens is 228 g/mol. The Morgan fingerprint density at radius 2 is 1.87 bits per heavy atom. The second-order valence-corrected chi connectivity index (χ2v) is 3.16. The summed E-state index contributed by atoms with van der Waals surface area (Å²) in [6.07, 6.45) is -3.56. The third-order valence-corrected chi connectivity index (χ3v) is 1.95. The second kappa shape index (κ2) is 3.83. The highest BCUT2D eigenvalue weighted by molar-refractivity contribution is 5.85. The van der Waals surface area contributed by atoms with E-state index in [1.807, 2.05) is 0 Å². The normalized spacial score (nSPS) is 18.1. The van der Waals surface area contributed by atoms with Crippen molar-refractivity contribution in [2.24, 2.45) is 5.73 Å². The fourth-order valence-electron chi connectivity index (χ4n) is 1.25. The summed E-state index contributed by atoms with van der Waals surface area (Å²) in [4.78, 5) is 0. The standard InChI is InChI=1S/C9H9F2NO2.ClH/c1-5(12)6-2-3-7-8(4-6)14-9(10,11)13-7;/h2-5H,12H2,1H3;1H. The quantitative estimate of drug-likeness (QED) is 0.816. The van der Waals surface area contributed by atoms with Crippen LogP contribution < -0.4 is 15.2 Å². The van der Waals surface area contributed by atoms with E-state index in [1.165, 1.54) is 12.1 Å². The van der Waals surface area contributed by atoms with E-state index in [0.29, 0.717) is 0 Å². The SMILES string of the molecule is CC(N)c1ccc2c(c1)OC(F)(F)O2.Cl. The summed E-state index contributed by atoms with van der Waals surface area (Å²) < 4.78 is 33.7. The number of ether oxygens (including phenoxy) is 2. The summed E-state index contributed by atoms with van der Waals surface area (Å²) in [5.41, 5.74) is 6.32. The zero-order chi connectivity index (χ0) is 10.3. The second-order valence-electron chi connectivity index (χ2n) is 3.16. The van der Waals surface area contributed by atoms with Gasteiger partial charge in [-0.25, -0.2) is 0 Å². The monoisotopic (exact) mass is 237 g/mol. The molecule has 1 heterocycles. The van der Waals surface area contributed by atoms with Gasteiger partial charge in [0, 0.05) is 6.04 Å². The van der Waals surface area contributed by atoms with Crippen LogP contribution in [0, 0.1) is 0 Å². The van der Waals surface area contributed by atoms with Crippen molar-refractivity contribution in [2.75, 3.05) is 0 Å². The number of fused-ring (bicyclic) bond motifs is 1. The van der Waals surface area contributed by atoms with Crippen LogP contribution in [-0.2, 0) is 0 Å². The molecule has 1 aliphatic heterocycles. The van der Waals surface area contributed by atoms with Crippen LogP contribution in [0.2, 0.25) is 0 Å². The zero-order valence-electron chi connectivity index (χ0n) is 7.87. The molecule has 1 atom stereocenters. The van der Waals surface area contributed by atoms with Crippen molar-refractivity contribution in [1.82, 2.24) is 0 Å². The predicted molar refractivity (Wildman–Crippen MR) is 52.5 cm³/mol. The number of benzene rings is 1. The van der Waals surface area contributed by atoms with Gasteiger partial charge < -0.3 is 15.2 Å². The van der Waals surface area contributed by atoms with Gasteiger partial charge in [-0.1, -0.05) is 6.07 Å². The van der Waals surface area contributed by atoms with E-state index in [-0.39, 0.29) is 29.9 Å².